The third-order valence-corrected chi connectivity index (χ3v) is 3.18. The minimum atomic E-state index is -0.909. The molecule has 0 bridgehead atoms. The fourth-order valence-electron chi connectivity index (χ4n) is 1.83. The van der Waals surface area contributed by atoms with E-state index in [2.05, 4.69) is 0 Å². The number of aliphatic carboxylic acids is 1. The van der Waals surface area contributed by atoms with Gasteiger partial charge in [-0.15, -0.1) is 0 Å². The summed E-state index contributed by atoms with van der Waals surface area (Å²) >= 11 is 5.86. The Kier molecular flexibility index (Phi) is 3.92. The van der Waals surface area contributed by atoms with Gasteiger partial charge in [-0.1, -0.05) is 11.6 Å². The quantitative estimate of drug-likeness (QED) is 0.831. The lowest BCUT2D eigenvalue weighted by atomic mass is 10.1. The number of halogens is 1. The Bertz CT molecular complexity index is 490. The maximum Gasteiger partial charge on any atom is 0.328 e. The van der Waals surface area contributed by atoms with Gasteiger partial charge in [-0.2, -0.15) is 0 Å². The molecule has 0 aliphatic heterocycles. The molecule has 2 rings (SSSR count). The second kappa shape index (κ2) is 5.44. The lowest BCUT2D eigenvalue weighted by Crippen LogP contribution is -2.06. The van der Waals surface area contributed by atoms with Gasteiger partial charge in [0.15, 0.2) is 0 Å². The van der Waals surface area contributed by atoms with Crippen molar-refractivity contribution in [3.63, 3.8) is 0 Å². The summed E-state index contributed by atoms with van der Waals surface area (Å²) in [5.41, 5.74) is 1.81. The summed E-state index contributed by atoms with van der Waals surface area (Å²) in [5.74, 6) is 0.221. The monoisotopic (exact) mass is 266 g/mol. The van der Waals surface area contributed by atoms with Crippen LogP contribution in [-0.4, -0.2) is 17.7 Å². The van der Waals surface area contributed by atoms with Gasteiger partial charge in [-0.05, 0) is 55.0 Å². The van der Waals surface area contributed by atoms with Gasteiger partial charge in [0, 0.05) is 11.1 Å². The van der Waals surface area contributed by atoms with Gasteiger partial charge < -0.3 is 9.84 Å². The molecule has 1 aliphatic carbocycles. The zero-order valence-corrected chi connectivity index (χ0v) is 10.9. The van der Waals surface area contributed by atoms with Crippen molar-refractivity contribution >= 4 is 17.6 Å². The number of carbonyl (C=O) groups is 1. The van der Waals surface area contributed by atoms with E-state index in [4.69, 9.17) is 21.4 Å². The van der Waals surface area contributed by atoms with E-state index in [0.717, 1.165) is 29.7 Å². The maximum absolute atomic E-state index is 10.7. The van der Waals surface area contributed by atoms with Crippen molar-refractivity contribution in [1.29, 1.82) is 0 Å². The second-order valence-electron chi connectivity index (χ2n) is 4.53. The first-order valence-electron chi connectivity index (χ1n) is 5.88. The van der Waals surface area contributed by atoms with Gasteiger partial charge in [0.1, 0.15) is 12.4 Å². The van der Waals surface area contributed by atoms with Crippen molar-refractivity contribution in [3.8, 4) is 5.75 Å². The van der Waals surface area contributed by atoms with Crippen LogP contribution in [0, 0.1) is 12.8 Å². The number of hydrogen-bond donors (Lipinski definition) is 1. The van der Waals surface area contributed by atoms with Gasteiger partial charge in [0.2, 0.25) is 0 Å². The molecule has 1 N–H and O–H groups in total. The Hall–Kier alpha value is -1.48. The lowest BCUT2D eigenvalue weighted by Gasteiger charge is -2.11. The molecule has 0 atom stereocenters. The van der Waals surface area contributed by atoms with Crippen LogP contribution in [0.5, 0.6) is 5.75 Å². The molecule has 0 aromatic heterocycles. The minimum Gasteiger partial charge on any atom is -0.489 e. The highest BCUT2D eigenvalue weighted by Crippen LogP contribution is 2.36. The standard InChI is InChI=1S/C14H15ClO3/c1-9-6-12(15)4-5-13(9)18-8-11(7-14(16)17)10-2-3-10/h4-7,10H,2-3,8H2,1H3,(H,16,17)/b11-7-. The third-order valence-electron chi connectivity index (χ3n) is 2.94. The van der Waals surface area contributed by atoms with E-state index in [1.165, 1.54) is 6.08 Å². The molecule has 0 saturated heterocycles. The Labute approximate surface area is 111 Å². The van der Waals surface area contributed by atoms with E-state index in [0.29, 0.717) is 17.5 Å². The normalized spacial score (nSPS) is 15.6. The van der Waals surface area contributed by atoms with Gasteiger partial charge in [0.25, 0.3) is 0 Å². The topological polar surface area (TPSA) is 46.5 Å². The van der Waals surface area contributed by atoms with E-state index in [9.17, 15) is 4.79 Å². The van der Waals surface area contributed by atoms with Crippen molar-refractivity contribution in [2.45, 2.75) is 19.8 Å². The van der Waals surface area contributed by atoms with E-state index in [1.54, 1.807) is 6.07 Å². The number of carboxylic acid groups (broad SMARTS) is 1. The van der Waals surface area contributed by atoms with E-state index in [-0.39, 0.29) is 0 Å². The highest BCUT2D eigenvalue weighted by atomic mass is 35.5. The highest BCUT2D eigenvalue weighted by Gasteiger charge is 2.27. The molecule has 1 aromatic rings. The third kappa shape index (κ3) is 3.50. The molecule has 1 aliphatic rings. The summed E-state index contributed by atoms with van der Waals surface area (Å²) < 4.78 is 5.67. The summed E-state index contributed by atoms with van der Waals surface area (Å²) in [6.45, 7) is 2.25. The zero-order chi connectivity index (χ0) is 13.1. The first-order valence-corrected chi connectivity index (χ1v) is 6.26. The van der Waals surface area contributed by atoms with Crippen LogP contribution in [0.4, 0.5) is 0 Å². The molecule has 0 heterocycles. The number of aryl methyl sites for hydroxylation is 1. The van der Waals surface area contributed by atoms with Crippen molar-refractivity contribution in [1.82, 2.24) is 0 Å². The Morgan fingerprint density at radius 3 is 2.83 bits per heavy atom. The van der Waals surface area contributed by atoms with E-state index in [1.807, 2.05) is 19.1 Å². The number of ether oxygens (including phenoxy) is 1. The summed E-state index contributed by atoms with van der Waals surface area (Å²) in [5, 5.41) is 9.47. The molecule has 1 fully saturated rings. The molecule has 0 unspecified atom stereocenters. The van der Waals surface area contributed by atoms with Crippen LogP contribution in [0.2, 0.25) is 5.02 Å². The molecule has 0 amide bonds. The molecule has 3 nitrogen and oxygen atoms in total. The maximum atomic E-state index is 10.7. The minimum absolute atomic E-state index is 0.333. The van der Waals surface area contributed by atoms with Crippen LogP contribution in [-0.2, 0) is 4.79 Å². The number of rotatable bonds is 5. The Balaban J connectivity index is 2.03. The van der Waals surface area contributed by atoms with Crippen LogP contribution in [0.1, 0.15) is 18.4 Å². The van der Waals surface area contributed by atoms with Gasteiger partial charge in [0.05, 0.1) is 0 Å². The molecule has 96 valence electrons. The molecule has 18 heavy (non-hydrogen) atoms. The van der Waals surface area contributed by atoms with Crippen molar-refractivity contribution in [3.05, 3.63) is 40.4 Å². The molecular weight excluding hydrogens is 252 g/mol. The SMILES string of the molecule is Cc1cc(Cl)ccc1OC/C(=C/C(=O)O)C1CC1. The predicted molar refractivity (Wildman–Crippen MR) is 70.1 cm³/mol. The first kappa shape index (κ1) is 13.0. The smallest absolute Gasteiger partial charge is 0.328 e. The summed E-state index contributed by atoms with van der Waals surface area (Å²) in [4.78, 5) is 10.7. The average molecular weight is 267 g/mol. The van der Waals surface area contributed by atoms with E-state index >= 15 is 0 Å². The Morgan fingerprint density at radius 1 is 1.56 bits per heavy atom. The fourth-order valence-corrected chi connectivity index (χ4v) is 2.05. The molecular formula is C14H15ClO3. The predicted octanol–water partition coefficient (Wildman–Crippen LogP) is 3.45. The van der Waals surface area contributed by atoms with Crippen LogP contribution in [0.15, 0.2) is 29.8 Å². The second-order valence-corrected chi connectivity index (χ2v) is 4.97. The first-order chi connectivity index (χ1) is 8.56. The molecule has 1 saturated carbocycles. The number of benzene rings is 1. The largest absolute Gasteiger partial charge is 0.489 e. The summed E-state index contributed by atoms with van der Waals surface area (Å²) in [6.07, 6.45) is 3.38. The molecule has 4 heteroatoms. The lowest BCUT2D eigenvalue weighted by molar-refractivity contribution is -0.131. The zero-order valence-electron chi connectivity index (χ0n) is 10.1. The number of carboxylic acids is 1. The van der Waals surface area contributed by atoms with Crippen molar-refractivity contribution in [2.24, 2.45) is 5.92 Å². The molecule has 1 aromatic carbocycles. The van der Waals surface area contributed by atoms with Crippen LogP contribution < -0.4 is 4.74 Å². The van der Waals surface area contributed by atoms with E-state index < -0.39 is 5.97 Å². The van der Waals surface area contributed by atoms with Crippen molar-refractivity contribution in [2.75, 3.05) is 6.61 Å². The van der Waals surface area contributed by atoms with Gasteiger partial charge in [-0.25, -0.2) is 4.79 Å². The van der Waals surface area contributed by atoms with Gasteiger partial charge >= 0.3 is 5.97 Å². The van der Waals surface area contributed by atoms with Crippen molar-refractivity contribution < 1.29 is 14.6 Å². The van der Waals surface area contributed by atoms with Crippen LogP contribution in [0.25, 0.3) is 0 Å². The summed E-state index contributed by atoms with van der Waals surface area (Å²) in [7, 11) is 0. The van der Waals surface area contributed by atoms with Crippen LogP contribution in [0.3, 0.4) is 0 Å². The molecule has 0 radical (unpaired) electrons. The fraction of sp³-hybridized carbons (Fsp3) is 0.357. The number of hydrogen-bond acceptors (Lipinski definition) is 2. The average Bonchev–Trinajstić information content (AvgIpc) is 3.09. The highest BCUT2D eigenvalue weighted by molar-refractivity contribution is 6.30. The van der Waals surface area contributed by atoms with Gasteiger partial charge in [-0.3, -0.25) is 0 Å². The summed E-state index contributed by atoms with van der Waals surface area (Å²) in [6, 6.07) is 5.40. The van der Waals surface area contributed by atoms with Crippen LogP contribution >= 0.6 is 11.6 Å². The molecule has 0 spiro atoms. The Morgan fingerprint density at radius 2 is 2.28 bits per heavy atom.